The van der Waals surface area contributed by atoms with Crippen molar-refractivity contribution in [3.05, 3.63) is 23.3 Å². The van der Waals surface area contributed by atoms with Gasteiger partial charge in [0.25, 0.3) is 11.8 Å². The fourth-order valence-electron chi connectivity index (χ4n) is 3.26. The molecule has 3 rings (SSSR count). The van der Waals surface area contributed by atoms with E-state index in [9.17, 15) is 29.5 Å². The molecule has 2 atom stereocenters. The quantitative estimate of drug-likeness (QED) is 0.202. The van der Waals surface area contributed by atoms with Crippen molar-refractivity contribution in [3.63, 3.8) is 0 Å². The molecule has 0 bridgehead atoms. The average molecular weight is 424 g/mol. The maximum atomic E-state index is 12.3. The lowest BCUT2D eigenvalue weighted by Gasteiger charge is -2.41. The molecule has 9 N–H and O–H groups in total. The third-order valence-electron chi connectivity index (χ3n) is 4.98. The summed E-state index contributed by atoms with van der Waals surface area (Å²) in [5.74, 6) is -2.42. The van der Waals surface area contributed by atoms with Gasteiger partial charge in [-0.25, -0.2) is 4.79 Å². The normalized spacial score (nSPS) is 19.6. The van der Waals surface area contributed by atoms with E-state index in [0.29, 0.717) is 5.56 Å². The summed E-state index contributed by atoms with van der Waals surface area (Å²) in [5.41, 5.74) is 9.48. The van der Waals surface area contributed by atoms with Crippen LogP contribution in [0.4, 0.5) is 0 Å². The number of rotatable bonds is 6. The number of carbonyl (C=O) groups is 3. The number of nitrogens with two attached hydrogens (primary N) is 1. The molecule has 1 saturated heterocycles. The van der Waals surface area contributed by atoms with Crippen LogP contribution in [0.15, 0.2) is 12.1 Å². The predicted octanol–water partition coefficient (Wildman–Crippen LogP) is -3.14. The molecular weight excluding hydrogens is 399 g/mol. The van der Waals surface area contributed by atoms with Crippen molar-refractivity contribution in [1.29, 1.82) is 0 Å². The Morgan fingerprint density at radius 3 is 2.63 bits per heavy atom. The van der Waals surface area contributed by atoms with Crippen LogP contribution in [0.1, 0.15) is 22.8 Å². The highest BCUT2D eigenvalue weighted by Crippen LogP contribution is 2.38. The number of carbonyl (C=O) groups excluding carboxylic acids is 2. The number of nitrogens with zero attached hydrogens (tertiary/aromatic N) is 1. The molecule has 2 aliphatic heterocycles. The Bertz CT molecular complexity index is 872. The lowest BCUT2D eigenvalue weighted by molar-refractivity contribution is -0.398. The zero-order valence-corrected chi connectivity index (χ0v) is 16.4. The minimum Gasteiger partial charge on any atom is -0.669 e. The van der Waals surface area contributed by atoms with Gasteiger partial charge in [0, 0.05) is 0 Å². The summed E-state index contributed by atoms with van der Waals surface area (Å²) in [4.78, 5) is 37.0. The van der Waals surface area contributed by atoms with Crippen molar-refractivity contribution in [1.82, 2.24) is 10.2 Å². The summed E-state index contributed by atoms with van der Waals surface area (Å²) in [6, 6.07) is 2.52. The van der Waals surface area contributed by atoms with Crippen molar-refractivity contribution >= 4 is 24.5 Å². The molecule has 12 nitrogen and oxygen atoms in total. The summed E-state index contributed by atoms with van der Waals surface area (Å²) < 4.78 is 10.8. The molecule has 1 aromatic carbocycles. The molecule has 0 aromatic heterocycles. The molecule has 0 aliphatic carbocycles. The molecule has 30 heavy (non-hydrogen) atoms. The topological polar surface area (TPSA) is 199 Å². The van der Waals surface area contributed by atoms with Crippen LogP contribution in [-0.2, 0) is 16.0 Å². The van der Waals surface area contributed by atoms with E-state index < -0.39 is 42.8 Å². The standard InChI is InChI=1S/C17H24BN4O8/c1-8(19)15(23)21-14(20)16(24)22-6-10(7-22)29-11-3-2-9-4-5-18(27,28)30-13(9)12(11)17(25)26/h2-3,8,10,14,27-28H,4-7,19-20H2,1H3,(H,21,23)(H,25,26)/q-1/p+1/t8-,14+/m1/s1. The highest BCUT2D eigenvalue weighted by molar-refractivity contribution is 6.59. The van der Waals surface area contributed by atoms with E-state index in [-0.39, 0.29) is 42.9 Å². The Balaban J connectivity index is 1.66. The number of nitrogens with one attached hydrogen (secondary N) is 1. The number of aromatic carboxylic acids is 1. The van der Waals surface area contributed by atoms with Crippen LogP contribution in [0.3, 0.4) is 0 Å². The first-order valence-corrected chi connectivity index (χ1v) is 9.51. The van der Waals surface area contributed by atoms with E-state index in [1.54, 1.807) is 13.0 Å². The Kier molecular flexibility index (Phi) is 5.90. The molecule has 0 unspecified atom stereocenters. The fraction of sp³-hybridized carbons (Fsp3) is 0.471. The van der Waals surface area contributed by atoms with Crippen LogP contribution in [-0.4, -0.2) is 76.0 Å². The molecule has 0 radical (unpaired) electrons. The molecule has 0 saturated carbocycles. The smallest absolute Gasteiger partial charge is 0.430 e. The summed E-state index contributed by atoms with van der Waals surface area (Å²) in [7, 11) is 0. The van der Waals surface area contributed by atoms with Gasteiger partial charge >= 0.3 is 12.7 Å². The van der Waals surface area contributed by atoms with Gasteiger partial charge < -0.3 is 46.2 Å². The summed E-state index contributed by atoms with van der Waals surface area (Å²) in [6.45, 7) is -1.27. The van der Waals surface area contributed by atoms with Gasteiger partial charge in [-0.1, -0.05) is 12.4 Å². The van der Waals surface area contributed by atoms with Crippen molar-refractivity contribution in [2.75, 3.05) is 13.1 Å². The van der Waals surface area contributed by atoms with E-state index in [4.69, 9.17) is 15.1 Å². The van der Waals surface area contributed by atoms with Gasteiger partial charge in [0.2, 0.25) is 0 Å². The number of quaternary nitrogens is 1. The van der Waals surface area contributed by atoms with Gasteiger partial charge in [0.1, 0.15) is 17.4 Å². The third kappa shape index (κ3) is 4.49. The Morgan fingerprint density at radius 2 is 2.03 bits per heavy atom. The van der Waals surface area contributed by atoms with Crippen LogP contribution >= 0.6 is 0 Å². The fourth-order valence-corrected chi connectivity index (χ4v) is 3.26. The first-order valence-electron chi connectivity index (χ1n) is 9.51. The van der Waals surface area contributed by atoms with Gasteiger partial charge in [-0.2, -0.15) is 0 Å². The number of hydrogen-bond donors (Lipinski definition) is 6. The van der Waals surface area contributed by atoms with Gasteiger partial charge in [-0.3, -0.25) is 9.59 Å². The first-order chi connectivity index (χ1) is 14.0. The number of aryl methyl sites for hydroxylation is 1. The van der Waals surface area contributed by atoms with Crippen LogP contribution in [0.5, 0.6) is 11.5 Å². The number of fused-ring (bicyclic) bond motifs is 1. The molecule has 2 amide bonds. The SMILES string of the molecule is C[C@@H]([NH3+])C(=O)N[C@H](N)C(=O)N1CC(Oc2ccc3c(c2C(=O)O)O[B-](O)(O)CC3)C1. The highest BCUT2D eigenvalue weighted by atomic mass is 16.6. The molecule has 0 spiro atoms. The molecule has 2 heterocycles. The first kappa shape index (κ1) is 21.8. The average Bonchev–Trinajstić information content (AvgIpc) is 2.61. The number of ether oxygens (including phenoxy) is 1. The lowest BCUT2D eigenvalue weighted by Crippen LogP contribution is -2.69. The van der Waals surface area contributed by atoms with Crippen LogP contribution < -0.4 is 26.2 Å². The Hall–Kier alpha value is -2.87. The molecule has 2 aliphatic rings. The molecular formula is C17H25BN4O8. The van der Waals surface area contributed by atoms with Gasteiger partial charge in [0.05, 0.1) is 18.8 Å². The van der Waals surface area contributed by atoms with Gasteiger partial charge in [0.15, 0.2) is 12.2 Å². The van der Waals surface area contributed by atoms with E-state index in [2.05, 4.69) is 11.1 Å². The van der Waals surface area contributed by atoms with Gasteiger partial charge in [-0.15, -0.1) is 0 Å². The summed E-state index contributed by atoms with van der Waals surface area (Å²) in [6.07, 6.45) is -1.49. The number of carboxylic acid groups (broad SMARTS) is 1. The molecule has 164 valence electrons. The highest BCUT2D eigenvalue weighted by Gasteiger charge is 2.38. The second-order valence-corrected chi connectivity index (χ2v) is 7.62. The maximum Gasteiger partial charge on any atom is 0.430 e. The van der Waals surface area contributed by atoms with E-state index in [1.807, 2.05) is 0 Å². The molecule has 1 aromatic rings. The zero-order valence-electron chi connectivity index (χ0n) is 16.4. The number of amides is 2. The minimum atomic E-state index is -3.13. The van der Waals surface area contributed by atoms with Crippen LogP contribution in [0.25, 0.3) is 0 Å². The van der Waals surface area contributed by atoms with Crippen LogP contribution in [0.2, 0.25) is 6.32 Å². The lowest BCUT2D eigenvalue weighted by atomic mass is 9.70. The number of hydrogen-bond acceptors (Lipinski definition) is 8. The van der Waals surface area contributed by atoms with E-state index in [0.717, 1.165) is 0 Å². The Morgan fingerprint density at radius 1 is 1.37 bits per heavy atom. The maximum absolute atomic E-state index is 12.3. The molecule has 1 fully saturated rings. The number of likely N-dealkylation sites (tertiary alicyclic amines) is 1. The number of benzene rings is 1. The minimum absolute atomic E-state index is 0.00432. The number of carboxylic acids is 1. The van der Waals surface area contributed by atoms with Crippen LogP contribution in [0, 0.1) is 0 Å². The largest absolute Gasteiger partial charge is 0.669 e. The van der Waals surface area contributed by atoms with Crippen molar-refractivity contribution in [3.8, 4) is 11.5 Å². The second-order valence-electron chi connectivity index (χ2n) is 7.62. The molecule has 13 heteroatoms. The van der Waals surface area contributed by atoms with Crippen molar-refractivity contribution < 1.29 is 44.7 Å². The van der Waals surface area contributed by atoms with E-state index in [1.165, 1.54) is 11.0 Å². The summed E-state index contributed by atoms with van der Waals surface area (Å²) in [5, 5.41) is 31.5. The Labute approximate surface area is 171 Å². The van der Waals surface area contributed by atoms with Gasteiger partial charge in [-0.05, 0) is 25.0 Å². The van der Waals surface area contributed by atoms with Crippen molar-refractivity contribution in [2.45, 2.75) is 38.0 Å². The predicted molar refractivity (Wildman–Crippen MR) is 102 cm³/mol. The second kappa shape index (κ2) is 8.10. The van der Waals surface area contributed by atoms with Crippen molar-refractivity contribution in [2.24, 2.45) is 5.73 Å². The third-order valence-corrected chi connectivity index (χ3v) is 4.98. The zero-order chi connectivity index (χ0) is 22.2. The summed E-state index contributed by atoms with van der Waals surface area (Å²) >= 11 is 0. The monoisotopic (exact) mass is 424 g/mol. The van der Waals surface area contributed by atoms with E-state index >= 15 is 0 Å².